The largest absolute Gasteiger partial charge is 0.496 e. The lowest BCUT2D eigenvalue weighted by atomic mass is 10.0. The molecule has 1 N–H and O–H groups in total. The molecular weight excluding hydrogens is 356 g/mol. The van der Waals surface area contributed by atoms with E-state index >= 15 is 0 Å². The molecule has 2 aliphatic rings. The molecule has 0 saturated carbocycles. The molecule has 1 fully saturated rings. The lowest BCUT2D eigenvalue weighted by Gasteiger charge is -2.29. The van der Waals surface area contributed by atoms with Gasteiger partial charge in [-0.25, -0.2) is 0 Å². The van der Waals surface area contributed by atoms with Gasteiger partial charge < -0.3 is 19.5 Å². The van der Waals surface area contributed by atoms with Crippen LogP contribution in [0.25, 0.3) is 0 Å². The highest BCUT2D eigenvalue weighted by Crippen LogP contribution is 2.32. The predicted octanol–water partition coefficient (Wildman–Crippen LogP) is 3.03. The molecule has 1 unspecified atom stereocenters. The Hall–Kier alpha value is -2.73. The minimum absolute atomic E-state index is 0.0832. The highest BCUT2D eigenvalue weighted by Gasteiger charge is 2.26. The van der Waals surface area contributed by atoms with Crippen molar-refractivity contribution >= 4 is 5.91 Å². The Labute approximate surface area is 165 Å². The van der Waals surface area contributed by atoms with Crippen LogP contribution in [0.4, 0.5) is 0 Å². The van der Waals surface area contributed by atoms with Crippen LogP contribution in [-0.4, -0.2) is 50.8 Å². The first-order chi connectivity index (χ1) is 13.8. The number of amides is 1. The molecule has 0 radical (unpaired) electrons. The second-order valence-electron chi connectivity index (χ2n) is 7.07. The Morgan fingerprint density at radius 1 is 1.11 bits per heavy atom. The molecule has 6 heteroatoms. The number of carbonyl (C=O) groups excluding carboxylic acids is 1. The van der Waals surface area contributed by atoms with E-state index in [2.05, 4.69) is 16.3 Å². The first-order valence-electron chi connectivity index (χ1n) is 9.81. The van der Waals surface area contributed by atoms with Gasteiger partial charge in [0.2, 0.25) is 0 Å². The van der Waals surface area contributed by atoms with Crippen molar-refractivity contribution in [1.82, 2.24) is 10.2 Å². The maximum atomic E-state index is 12.8. The molecule has 2 aromatic carbocycles. The van der Waals surface area contributed by atoms with Crippen molar-refractivity contribution in [1.29, 1.82) is 0 Å². The first kappa shape index (κ1) is 18.6. The number of hydrogen-bond donors (Lipinski definition) is 1. The minimum Gasteiger partial charge on any atom is -0.496 e. The lowest BCUT2D eigenvalue weighted by molar-refractivity contribution is 0.0936. The fourth-order valence-corrected chi connectivity index (χ4v) is 3.91. The van der Waals surface area contributed by atoms with E-state index in [9.17, 15) is 4.79 Å². The molecule has 0 bridgehead atoms. The van der Waals surface area contributed by atoms with Gasteiger partial charge in [-0.3, -0.25) is 9.69 Å². The first-order valence-corrected chi connectivity index (χ1v) is 9.81. The number of nitrogens with zero attached hydrogens (tertiary/aromatic N) is 1. The Morgan fingerprint density at radius 2 is 1.86 bits per heavy atom. The van der Waals surface area contributed by atoms with Crippen molar-refractivity contribution in [2.24, 2.45) is 0 Å². The van der Waals surface area contributed by atoms with Crippen molar-refractivity contribution in [3.8, 4) is 17.2 Å². The average molecular weight is 382 g/mol. The topological polar surface area (TPSA) is 60.0 Å². The van der Waals surface area contributed by atoms with E-state index in [0.29, 0.717) is 36.8 Å². The van der Waals surface area contributed by atoms with Gasteiger partial charge in [0.1, 0.15) is 19.0 Å². The number of nitrogens with one attached hydrogen (secondary N) is 1. The summed E-state index contributed by atoms with van der Waals surface area (Å²) in [6.45, 7) is 3.62. The molecule has 4 rings (SSSR count). The summed E-state index contributed by atoms with van der Waals surface area (Å²) >= 11 is 0. The van der Waals surface area contributed by atoms with E-state index in [-0.39, 0.29) is 11.9 Å². The average Bonchev–Trinajstić information content (AvgIpc) is 3.28. The molecule has 1 amide bonds. The summed E-state index contributed by atoms with van der Waals surface area (Å²) in [4.78, 5) is 15.2. The number of ether oxygens (including phenoxy) is 3. The monoisotopic (exact) mass is 382 g/mol. The summed E-state index contributed by atoms with van der Waals surface area (Å²) in [6.07, 6.45) is 2.36. The number of methoxy groups -OCH3 is 1. The van der Waals surface area contributed by atoms with Crippen molar-refractivity contribution in [2.45, 2.75) is 18.9 Å². The van der Waals surface area contributed by atoms with Gasteiger partial charge in [0.05, 0.1) is 13.2 Å². The number of para-hydroxylation sites is 1. The number of likely N-dealkylation sites (tertiary alicyclic amines) is 1. The molecule has 1 atom stereocenters. The Morgan fingerprint density at radius 3 is 2.64 bits per heavy atom. The summed E-state index contributed by atoms with van der Waals surface area (Å²) in [7, 11) is 1.69. The molecule has 0 aliphatic carbocycles. The quantitative estimate of drug-likeness (QED) is 0.832. The molecular formula is C22H26N2O4. The lowest BCUT2D eigenvalue weighted by Crippen LogP contribution is -2.37. The highest BCUT2D eigenvalue weighted by molar-refractivity contribution is 5.94. The van der Waals surface area contributed by atoms with E-state index in [1.807, 2.05) is 18.2 Å². The van der Waals surface area contributed by atoms with E-state index in [1.54, 1.807) is 25.3 Å². The van der Waals surface area contributed by atoms with Crippen molar-refractivity contribution in [3.05, 3.63) is 53.6 Å². The fraction of sp³-hybridized carbons (Fsp3) is 0.409. The summed E-state index contributed by atoms with van der Waals surface area (Å²) in [5.41, 5.74) is 1.68. The smallest absolute Gasteiger partial charge is 0.251 e. The molecule has 2 heterocycles. The second-order valence-corrected chi connectivity index (χ2v) is 7.07. The van der Waals surface area contributed by atoms with Crippen LogP contribution >= 0.6 is 0 Å². The summed E-state index contributed by atoms with van der Waals surface area (Å²) in [5, 5.41) is 3.10. The van der Waals surface area contributed by atoms with Crippen LogP contribution < -0.4 is 19.5 Å². The molecule has 0 aromatic heterocycles. The Kier molecular flexibility index (Phi) is 5.67. The fourth-order valence-electron chi connectivity index (χ4n) is 3.91. The Bertz CT molecular complexity index is 833. The van der Waals surface area contributed by atoms with E-state index in [4.69, 9.17) is 14.2 Å². The maximum absolute atomic E-state index is 12.8. The third-order valence-corrected chi connectivity index (χ3v) is 5.34. The van der Waals surface area contributed by atoms with Gasteiger partial charge in [-0.2, -0.15) is 0 Å². The third-order valence-electron chi connectivity index (χ3n) is 5.34. The van der Waals surface area contributed by atoms with Gasteiger partial charge in [0.25, 0.3) is 5.91 Å². The van der Waals surface area contributed by atoms with Crippen LogP contribution in [0.3, 0.4) is 0 Å². The van der Waals surface area contributed by atoms with Crippen LogP contribution in [0.5, 0.6) is 17.2 Å². The SMILES string of the molecule is COc1ccccc1C(CNC(=O)c1ccc2c(c1)OCCO2)N1CCCC1. The predicted molar refractivity (Wildman–Crippen MR) is 106 cm³/mol. The zero-order valence-electron chi connectivity index (χ0n) is 16.1. The van der Waals surface area contributed by atoms with Crippen molar-refractivity contribution in [3.63, 3.8) is 0 Å². The number of hydrogen-bond acceptors (Lipinski definition) is 5. The van der Waals surface area contributed by atoms with E-state index in [0.717, 1.165) is 24.4 Å². The molecule has 148 valence electrons. The number of fused-ring (bicyclic) bond motifs is 1. The number of rotatable bonds is 6. The maximum Gasteiger partial charge on any atom is 0.251 e. The van der Waals surface area contributed by atoms with Crippen LogP contribution in [0.15, 0.2) is 42.5 Å². The highest BCUT2D eigenvalue weighted by atomic mass is 16.6. The van der Waals surface area contributed by atoms with Gasteiger partial charge in [-0.1, -0.05) is 18.2 Å². The van der Waals surface area contributed by atoms with Gasteiger partial charge in [0.15, 0.2) is 11.5 Å². The normalized spacial score (nSPS) is 17.2. The van der Waals surface area contributed by atoms with Gasteiger partial charge in [-0.15, -0.1) is 0 Å². The van der Waals surface area contributed by atoms with Gasteiger partial charge in [0, 0.05) is 17.7 Å². The minimum atomic E-state index is -0.115. The Balaban J connectivity index is 1.50. The van der Waals surface area contributed by atoms with Gasteiger partial charge >= 0.3 is 0 Å². The van der Waals surface area contributed by atoms with Crippen LogP contribution in [0, 0.1) is 0 Å². The van der Waals surface area contributed by atoms with Crippen molar-refractivity contribution < 1.29 is 19.0 Å². The molecule has 0 spiro atoms. The molecule has 2 aromatic rings. The van der Waals surface area contributed by atoms with E-state index in [1.165, 1.54) is 12.8 Å². The molecule has 1 saturated heterocycles. The molecule has 6 nitrogen and oxygen atoms in total. The van der Waals surface area contributed by atoms with Crippen molar-refractivity contribution in [2.75, 3.05) is 40.0 Å². The summed E-state index contributed by atoms with van der Waals surface area (Å²) < 4.78 is 16.7. The molecule has 2 aliphatic heterocycles. The zero-order valence-corrected chi connectivity index (χ0v) is 16.1. The standard InChI is InChI=1S/C22H26N2O4/c1-26-19-7-3-2-6-17(19)18(24-10-4-5-11-24)15-23-22(25)16-8-9-20-21(14-16)28-13-12-27-20/h2-3,6-9,14,18H,4-5,10-13,15H2,1H3,(H,23,25). The summed E-state index contributed by atoms with van der Waals surface area (Å²) in [5.74, 6) is 2.05. The molecule has 28 heavy (non-hydrogen) atoms. The van der Waals surface area contributed by atoms with Crippen LogP contribution in [-0.2, 0) is 0 Å². The van der Waals surface area contributed by atoms with Gasteiger partial charge in [-0.05, 0) is 50.2 Å². The van der Waals surface area contributed by atoms with E-state index < -0.39 is 0 Å². The second kappa shape index (κ2) is 8.52. The van der Waals surface area contributed by atoms with Crippen LogP contribution in [0.2, 0.25) is 0 Å². The number of carbonyl (C=O) groups is 1. The van der Waals surface area contributed by atoms with Crippen LogP contribution in [0.1, 0.15) is 34.8 Å². The summed E-state index contributed by atoms with van der Waals surface area (Å²) in [6, 6.07) is 13.4. The third kappa shape index (κ3) is 3.92. The zero-order chi connectivity index (χ0) is 19.3. The number of benzene rings is 2.